The molecule has 1 spiro atoms. The van der Waals surface area contributed by atoms with Crippen LogP contribution in [0.5, 0.6) is 0 Å². The van der Waals surface area contributed by atoms with Crippen molar-refractivity contribution in [1.82, 2.24) is 10.2 Å². The van der Waals surface area contributed by atoms with Crippen LogP contribution in [0.2, 0.25) is 0 Å². The molecule has 30 heavy (non-hydrogen) atoms. The molecule has 1 saturated heterocycles. The van der Waals surface area contributed by atoms with Gasteiger partial charge in [0.05, 0.1) is 12.2 Å². The van der Waals surface area contributed by atoms with E-state index in [2.05, 4.69) is 12.2 Å². The van der Waals surface area contributed by atoms with Crippen molar-refractivity contribution in [3.63, 3.8) is 0 Å². The van der Waals surface area contributed by atoms with Crippen LogP contribution in [0, 0.1) is 11.7 Å². The molecule has 4 rings (SSSR count). The van der Waals surface area contributed by atoms with Crippen LogP contribution in [0.1, 0.15) is 48.5 Å². The van der Waals surface area contributed by atoms with Gasteiger partial charge in [-0.3, -0.25) is 14.5 Å². The molecule has 1 aliphatic carbocycles. The topological polar surface area (TPSA) is 58.6 Å². The fourth-order valence-electron chi connectivity index (χ4n) is 4.67. The van der Waals surface area contributed by atoms with Gasteiger partial charge >= 0.3 is 0 Å². The molecule has 5 nitrogen and oxygen atoms in total. The summed E-state index contributed by atoms with van der Waals surface area (Å²) in [5.74, 6) is -0.990. The molecular formula is C24H27FN2O3. The third-order valence-corrected chi connectivity index (χ3v) is 6.13. The molecule has 6 heteroatoms. The molecule has 1 N–H and O–H groups in total. The van der Waals surface area contributed by atoms with E-state index in [4.69, 9.17) is 4.74 Å². The van der Waals surface area contributed by atoms with Crippen molar-refractivity contribution in [3.05, 3.63) is 71.5 Å². The number of rotatable bonds is 4. The van der Waals surface area contributed by atoms with Gasteiger partial charge < -0.3 is 10.1 Å². The Kier molecular flexibility index (Phi) is 5.86. The fourth-order valence-corrected chi connectivity index (χ4v) is 4.67. The molecule has 3 atom stereocenters. The average Bonchev–Trinajstić information content (AvgIpc) is 3.10. The lowest BCUT2D eigenvalue weighted by Gasteiger charge is -2.43. The van der Waals surface area contributed by atoms with Crippen LogP contribution in [0.4, 0.5) is 4.39 Å². The fraction of sp³-hybridized carbons (Fsp3) is 0.417. The van der Waals surface area contributed by atoms with Gasteiger partial charge in [0.15, 0.2) is 0 Å². The first-order valence-corrected chi connectivity index (χ1v) is 10.5. The van der Waals surface area contributed by atoms with Gasteiger partial charge in [-0.1, -0.05) is 55.8 Å². The van der Waals surface area contributed by atoms with Crippen molar-refractivity contribution in [2.24, 2.45) is 5.92 Å². The number of nitrogens with zero attached hydrogens (tertiary/aromatic N) is 1. The molecule has 2 aromatic rings. The number of carbonyl (C=O) groups excluding carboxylic acids is 2. The molecule has 0 bridgehead atoms. The van der Waals surface area contributed by atoms with E-state index in [1.165, 1.54) is 17.0 Å². The highest BCUT2D eigenvalue weighted by Crippen LogP contribution is 2.43. The van der Waals surface area contributed by atoms with E-state index in [-0.39, 0.29) is 18.1 Å². The second kappa shape index (κ2) is 8.56. The molecule has 2 fully saturated rings. The molecule has 0 unspecified atom stereocenters. The van der Waals surface area contributed by atoms with Gasteiger partial charge in [-0.15, -0.1) is 0 Å². The Morgan fingerprint density at radius 2 is 1.90 bits per heavy atom. The monoisotopic (exact) mass is 410 g/mol. The van der Waals surface area contributed by atoms with Crippen LogP contribution in [0.15, 0.2) is 54.6 Å². The molecule has 1 heterocycles. The Hall–Kier alpha value is -2.73. The SMILES string of the molecule is C[C@H]1CCC[C@@]2(C1)OC[C@@H](C(=O)NCc1ccccc1)N2C(=O)c1ccccc1F. The highest BCUT2D eigenvalue weighted by molar-refractivity contribution is 5.98. The minimum absolute atomic E-state index is 0.0264. The first-order valence-electron chi connectivity index (χ1n) is 10.5. The quantitative estimate of drug-likeness (QED) is 0.832. The molecule has 2 aliphatic rings. The largest absolute Gasteiger partial charge is 0.353 e. The Balaban J connectivity index is 1.61. The summed E-state index contributed by atoms with van der Waals surface area (Å²) in [5, 5.41) is 2.92. The van der Waals surface area contributed by atoms with Crippen LogP contribution in [0.3, 0.4) is 0 Å². The van der Waals surface area contributed by atoms with Gasteiger partial charge in [0.1, 0.15) is 17.6 Å². The summed E-state index contributed by atoms with van der Waals surface area (Å²) in [6.45, 7) is 2.60. The summed E-state index contributed by atoms with van der Waals surface area (Å²) >= 11 is 0. The van der Waals surface area contributed by atoms with Gasteiger partial charge in [0.2, 0.25) is 5.91 Å². The molecule has 1 aliphatic heterocycles. The van der Waals surface area contributed by atoms with E-state index in [1.807, 2.05) is 30.3 Å². The Morgan fingerprint density at radius 1 is 1.17 bits per heavy atom. The molecule has 0 radical (unpaired) electrons. The summed E-state index contributed by atoms with van der Waals surface area (Å²) in [6, 6.07) is 14.7. The predicted molar refractivity (Wildman–Crippen MR) is 111 cm³/mol. The lowest BCUT2D eigenvalue weighted by molar-refractivity contribution is -0.128. The second-order valence-corrected chi connectivity index (χ2v) is 8.33. The zero-order valence-corrected chi connectivity index (χ0v) is 17.1. The number of hydrogen-bond donors (Lipinski definition) is 1. The maximum Gasteiger partial charge on any atom is 0.259 e. The van der Waals surface area contributed by atoms with Crippen LogP contribution in [-0.2, 0) is 16.1 Å². The van der Waals surface area contributed by atoms with Crippen molar-refractivity contribution < 1.29 is 18.7 Å². The maximum absolute atomic E-state index is 14.4. The summed E-state index contributed by atoms with van der Waals surface area (Å²) in [5.41, 5.74) is 0.0883. The number of amides is 2. The maximum atomic E-state index is 14.4. The normalized spacial score (nSPS) is 26.0. The lowest BCUT2D eigenvalue weighted by atomic mass is 9.83. The highest BCUT2D eigenvalue weighted by atomic mass is 19.1. The number of benzene rings is 2. The summed E-state index contributed by atoms with van der Waals surface area (Å²) < 4.78 is 20.6. The number of nitrogens with one attached hydrogen (secondary N) is 1. The van der Waals surface area contributed by atoms with Crippen molar-refractivity contribution in [3.8, 4) is 0 Å². The summed E-state index contributed by atoms with van der Waals surface area (Å²) in [4.78, 5) is 28.1. The molecule has 158 valence electrons. The van der Waals surface area contributed by atoms with Crippen LogP contribution in [0.25, 0.3) is 0 Å². The number of hydrogen-bond acceptors (Lipinski definition) is 3. The number of halogens is 1. The summed E-state index contributed by atoms with van der Waals surface area (Å²) in [6.07, 6.45) is 3.26. The Morgan fingerprint density at radius 3 is 2.63 bits per heavy atom. The second-order valence-electron chi connectivity index (χ2n) is 8.33. The summed E-state index contributed by atoms with van der Waals surface area (Å²) in [7, 11) is 0. The minimum Gasteiger partial charge on any atom is -0.353 e. The predicted octanol–water partition coefficient (Wildman–Crippen LogP) is 3.89. The van der Waals surface area contributed by atoms with Crippen molar-refractivity contribution in [2.75, 3.05) is 6.61 Å². The van der Waals surface area contributed by atoms with Gasteiger partial charge in [-0.2, -0.15) is 0 Å². The Labute approximate surface area is 176 Å². The van der Waals surface area contributed by atoms with Crippen molar-refractivity contribution >= 4 is 11.8 Å². The standard InChI is InChI=1S/C24H27FN2O3/c1-17-8-7-13-24(14-17)27(23(29)19-11-5-6-12-20(19)25)21(16-30-24)22(28)26-15-18-9-3-2-4-10-18/h2-6,9-12,17,21H,7-8,13-16H2,1H3,(H,26,28)/t17-,21-,24-/m0/s1. The number of carbonyl (C=O) groups is 2. The number of ether oxygens (including phenoxy) is 1. The van der Waals surface area contributed by atoms with Gasteiger partial charge in [0, 0.05) is 6.54 Å². The third kappa shape index (κ3) is 3.97. The van der Waals surface area contributed by atoms with Crippen LogP contribution in [-0.4, -0.2) is 35.1 Å². The zero-order valence-electron chi connectivity index (χ0n) is 17.1. The van der Waals surface area contributed by atoms with E-state index < -0.39 is 23.5 Å². The van der Waals surface area contributed by atoms with Crippen LogP contribution < -0.4 is 5.32 Å². The van der Waals surface area contributed by atoms with Crippen LogP contribution >= 0.6 is 0 Å². The zero-order chi connectivity index (χ0) is 21.1. The minimum atomic E-state index is -0.855. The average molecular weight is 410 g/mol. The van der Waals surface area contributed by atoms with Crippen molar-refractivity contribution in [1.29, 1.82) is 0 Å². The molecular weight excluding hydrogens is 383 g/mol. The Bertz CT molecular complexity index is 920. The van der Waals surface area contributed by atoms with E-state index in [0.717, 1.165) is 18.4 Å². The molecule has 0 aromatic heterocycles. The van der Waals surface area contributed by atoms with Gasteiger partial charge in [-0.25, -0.2) is 4.39 Å². The highest BCUT2D eigenvalue weighted by Gasteiger charge is 2.54. The van der Waals surface area contributed by atoms with Crippen molar-refractivity contribution in [2.45, 2.75) is 50.9 Å². The molecule has 2 aromatic carbocycles. The lowest BCUT2D eigenvalue weighted by Crippen LogP contribution is -2.57. The van der Waals surface area contributed by atoms with E-state index in [0.29, 0.717) is 25.3 Å². The van der Waals surface area contributed by atoms with E-state index in [1.54, 1.807) is 12.1 Å². The first kappa shape index (κ1) is 20.5. The first-order chi connectivity index (χ1) is 14.5. The van der Waals surface area contributed by atoms with Gasteiger partial charge in [-0.05, 0) is 42.9 Å². The molecule has 1 saturated carbocycles. The molecule has 2 amide bonds. The third-order valence-electron chi connectivity index (χ3n) is 6.13. The smallest absolute Gasteiger partial charge is 0.259 e. The van der Waals surface area contributed by atoms with Gasteiger partial charge in [0.25, 0.3) is 5.91 Å². The van der Waals surface area contributed by atoms with E-state index in [9.17, 15) is 14.0 Å². The van der Waals surface area contributed by atoms with E-state index >= 15 is 0 Å².